The van der Waals surface area contributed by atoms with Crippen molar-refractivity contribution in [2.45, 2.75) is 0 Å². The molecule has 0 saturated heterocycles. The first-order chi connectivity index (χ1) is 6.42. The first-order valence-electron chi connectivity index (χ1n) is 3.86. The van der Waals surface area contributed by atoms with Gasteiger partial charge < -0.3 is 0 Å². The second kappa shape index (κ2) is 3.49. The summed E-state index contributed by atoms with van der Waals surface area (Å²) in [7, 11) is 0. The number of aromatic nitrogens is 1. The molecule has 0 atom stereocenters. The van der Waals surface area contributed by atoms with Gasteiger partial charge in [0.2, 0.25) is 0 Å². The van der Waals surface area contributed by atoms with Crippen molar-refractivity contribution in [2.24, 2.45) is 0 Å². The summed E-state index contributed by atoms with van der Waals surface area (Å²) in [5, 5.41) is 1.97. The van der Waals surface area contributed by atoms with Gasteiger partial charge in [0.15, 0.2) is 6.29 Å². The van der Waals surface area contributed by atoms with Crippen molar-refractivity contribution in [3.05, 3.63) is 41.4 Å². The lowest BCUT2D eigenvalue weighted by Crippen LogP contribution is -1.87. The first-order valence-corrected chi connectivity index (χ1v) is 4.74. The summed E-state index contributed by atoms with van der Waals surface area (Å²) in [5.41, 5.74) is 1.41. The Kier molecular flexibility index (Phi) is 2.19. The number of hydrogen-bond donors (Lipinski definition) is 0. The molecule has 2 aromatic rings. The van der Waals surface area contributed by atoms with Crippen LogP contribution in [0.5, 0.6) is 0 Å². The number of nitrogens with zero attached hydrogens (tertiary/aromatic N) is 1. The molecule has 2 rings (SSSR count). The summed E-state index contributed by atoms with van der Waals surface area (Å²) >= 11 is 1.58. The number of pyridine rings is 1. The molecule has 0 unspecified atom stereocenters. The van der Waals surface area contributed by atoms with Crippen LogP contribution in [-0.4, -0.2) is 11.3 Å². The summed E-state index contributed by atoms with van der Waals surface area (Å²) in [6.45, 7) is 0. The Morgan fingerprint density at radius 3 is 2.92 bits per heavy atom. The fourth-order valence-corrected chi connectivity index (χ4v) is 1.88. The Morgan fingerprint density at radius 1 is 1.31 bits per heavy atom. The molecule has 0 spiro atoms. The highest BCUT2D eigenvalue weighted by Gasteiger charge is 2.04. The molecule has 13 heavy (non-hydrogen) atoms. The minimum atomic E-state index is 0.643. The lowest BCUT2D eigenvalue weighted by molar-refractivity contribution is 0.112. The lowest BCUT2D eigenvalue weighted by Gasteiger charge is -1.98. The smallest absolute Gasteiger partial charge is 0.152 e. The third-order valence-electron chi connectivity index (χ3n) is 1.72. The topological polar surface area (TPSA) is 30.0 Å². The van der Waals surface area contributed by atoms with Gasteiger partial charge in [-0.1, -0.05) is 6.07 Å². The van der Waals surface area contributed by atoms with Crippen molar-refractivity contribution in [1.29, 1.82) is 0 Å². The Labute approximate surface area is 79.9 Å². The van der Waals surface area contributed by atoms with Gasteiger partial charge >= 0.3 is 0 Å². The Hall–Kier alpha value is -1.48. The maximum absolute atomic E-state index is 10.7. The number of hydrogen-bond acceptors (Lipinski definition) is 3. The van der Waals surface area contributed by atoms with Crippen LogP contribution < -0.4 is 0 Å². The zero-order chi connectivity index (χ0) is 9.10. The van der Waals surface area contributed by atoms with Crippen LogP contribution in [0.25, 0.3) is 10.6 Å². The van der Waals surface area contributed by atoms with Crippen LogP contribution in [0.1, 0.15) is 10.4 Å². The molecular weight excluding hydrogens is 182 g/mol. The Bertz CT molecular complexity index is 409. The van der Waals surface area contributed by atoms with E-state index in [-0.39, 0.29) is 0 Å². The highest BCUT2D eigenvalue weighted by Crippen LogP contribution is 2.24. The van der Waals surface area contributed by atoms with Crippen molar-refractivity contribution >= 4 is 17.6 Å². The van der Waals surface area contributed by atoms with Crippen LogP contribution in [0.15, 0.2) is 35.8 Å². The maximum atomic E-state index is 10.7. The summed E-state index contributed by atoms with van der Waals surface area (Å²) in [5.74, 6) is 0. The van der Waals surface area contributed by atoms with Crippen LogP contribution in [0, 0.1) is 0 Å². The van der Waals surface area contributed by atoms with Crippen LogP contribution in [0.2, 0.25) is 0 Å². The van der Waals surface area contributed by atoms with E-state index in [1.807, 2.05) is 17.5 Å². The van der Waals surface area contributed by atoms with E-state index in [0.29, 0.717) is 5.56 Å². The van der Waals surface area contributed by atoms with E-state index in [2.05, 4.69) is 4.98 Å². The standard InChI is InChI=1S/C10H7NOS/c12-7-8-3-1-5-11-10(8)9-4-2-6-13-9/h1-7H. The van der Waals surface area contributed by atoms with E-state index < -0.39 is 0 Å². The Balaban J connectivity index is 2.57. The number of carbonyl (C=O) groups is 1. The average Bonchev–Trinajstić information content (AvgIpc) is 2.70. The maximum Gasteiger partial charge on any atom is 0.152 e. The number of carbonyl (C=O) groups excluding carboxylic acids is 1. The molecule has 0 aliphatic rings. The molecule has 0 amide bonds. The van der Waals surface area contributed by atoms with Gasteiger partial charge in [0.25, 0.3) is 0 Å². The molecule has 2 aromatic heterocycles. The molecule has 0 N–H and O–H groups in total. The fourth-order valence-electron chi connectivity index (χ4n) is 1.13. The molecule has 2 heterocycles. The van der Waals surface area contributed by atoms with Gasteiger partial charge in [-0.3, -0.25) is 9.78 Å². The molecule has 0 bridgehead atoms. The van der Waals surface area contributed by atoms with E-state index in [1.54, 1.807) is 29.7 Å². The van der Waals surface area contributed by atoms with Gasteiger partial charge in [0.1, 0.15) is 0 Å². The number of aldehydes is 1. The van der Waals surface area contributed by atoms with Crippen molar-refractivity contribution in [2.75, 3.05) is 0 Å². The molecule has 0 aliphatic heterocycles. The van der Waals surface area contributed by atoms with E-state index in [4.69, 9.17) is 0 Å². The predicted octanol–water partition coefficient (Wildman–Crippen LogP) is 2.62. The second-order valence-electron chi connectivity index (χ2n) is 2.54. The van der Waals surface area contributed by atoms with E-state index >= 15 is 0 Å². The quantitative estimate of drug-likeness (QED) is 0.680. The fraction of sp³-hybridized carbons (Fsp3) is 0. The third kappa shape index (κ3) is 1.51. The van der Waals surface area contributed by atoms with Crippen LogP contribution in [-0.2, 0) is 0 Å². The van der Waals surface area contributed by atoms with Crippen LogP contribution in [0.4, 0.5) is 0 Å². The highest BCUT2D eigenvalue weighted by molar-refractivity contribution is 7.13. The molecule has 0 aliphatic carbocycles. The van der Waals surface area contributed by atoms with Crippen LogP contribution >= 0.6 is 11.3 Å². The molecule has 0 aromatic carbocycles. The van der Waals surface area contributed by atoms with Crippen molar-refractivity contribution in [3.63, 3.8) is 0 Å². The van der Waals surface area contributed by atoms with E-state index in [9.17, 15) is 4.79 Å². The lowest BCUT2D eigenvalue weighted by atomic mass is 10.2. The van der Waals surface area contributed by atoms with Crippen molar-refractivity contribution < 1.29 is 4.79 Å². The molecule has 2 nitrogen and oxygen atoms in total. The predicted molar refractivity (Wildman–Crippen MR) is 52.9 cm³/mol. The summed E-state index contributed by atoms with van der Waals surface area (Å²) in [4.78, 5) is 15.9. The van der Waals surface area contributed by atoms with Crippen molar-refractivity contribution in [3.8, 4) is 10.6 Å². The van der Waals surface area contributed by atoms with Gasteiger partial charge in [-0.15, -0.1) is 11.3 Å². The SMILES string of the molecule is O=Cc1cccnc1-c1cccs1. The number of rotatable bonds is 2. The monoisotopic (exact) mass is 189 g/mol. The Morgan fingerprint density at radius 2 is 2.23 bits per heavy atom. The zero-order valence-corrected chi connectivity index (χ0v) is 7.62. The van der Waals surface area contributed by atoms with Crippen molar-refractivity contribution in [1.82, 2.24) is 4.98 Å². The zero-order valence-electron chi connectivity index (χ0n) is 6.81. The average molecular weight is 189 g/mol. The summed E-state index contributed by atoms with van der Waals surface area (Å²) in [6.07, 6.45) is 2.53. The summed E-state index contributed by atoms with van der Waals surface area (Å²) in [6, 6.07) is 7.44. The molecule has 0 radical (unpaired) electrons. The molecule has 0 fully saturated rings. The highest BCUT2D eigenvalue weighted by atomic mass is 32.1. The molecule has 64 valence electrons. The second-order valence-corrected chi connectivity index (χ2v) is 3.48. The van der Waals surface area contributed by atoms with Gasteiger partial charge in [0.05, 0.1) is 10.6 Å². The van der Waals surface area contributed by atoms with Gasteiger partial charge in [-0.25, -0.2) is 0 Å². The van der Waals surface area contributed by atoms with E-state index in [1.165, 1.54) is 0 Å². The first kappa shape index (κ1) is 8.13. The third-order valence-corrected chi connectivity index (χ3v) is 2.60. The van der Waals surface area contributed by atoms with Gasteiger partial charge in [0, 0.05) is 11.8 Å². The van der Waals surface area contributed by atoms with E-state index in [0.717, 1.165) is 16.9 Å². The van der Waals surface area contributed by atoms with Gasteiger partial charge in [-0.2, -0.15) is 0 Å². The number of thiophene rings is 1. The minimum Gasteiger partial charge on any atom is -0.298 e. The molecular formula is C10H7NOS. The van der Waals surface area contributed by atoms with Gasteiger partial charge in [-0.05, 0) is 23.6 Å². The molecule has 3 heteroatoms. The molecule has 0 saturated carbocycles. The summed E-state index contributed by atoms with van der Waals surface area (Å²) < 4.78 is 0. The van der Waals surface area contributed by atoms with Crippen LogP contribution in [0.3, 0.4) is 0 Å². The minimum absolute atomic E-state index is 0.643. The normalized spacial score (nSPS) is 9.85. The largest absolute Gasteiger partial charge is 0.298 e.